The smallest absolute Gasteiger partial charge is 0.0438 e. The van der Waals surface area contributed by atoms with Crippen molar-refractivity contribution in [2.75, 3.05) is 6.54 Å². The van der Waals surface area contributed by atoms with E-state index in [-0.39, 0.29) is 5.41 Å². The van der Waals surface area contributed by atoms with E-state index in [9.17, 15) is 0 Å². The van der Waals surface area contributed by atoms with Crippen LogP contribution in [-0.4, -0.2) is 12.6 Å². The number of hydrogen-bond acceptors (Lipinski definition) is 1. The third-order valence-corrected chi connectivity index (χ3v) is 5.56. The summed E-state index contributed by atoms with van der Waals surface area (Å²) in [6, 6.07) is 8.95. The molecule has 0 aliphatic heterocycles. The molecule has 0 heterocycles. The highest BCUT2D eigenvalue weighted by molar-refractivity contribution is 6.31. The number of nitrogens with one attached hydrogen (secondary N) is 1. The molecule has 1 N–H and O–H groups in total. The Morgan fingerprint density at radius 1 is 1.24 bits per heavy atom. The molecule has 118 valence electrons. The summed E-state index contributed by atoms with van der Waals surface area (Å²) in [5.41, 5.74) is 1.57. The monoisotopic (exact) mass is 307 g/mol. The van der Waals surface area contributed by atoms with Crippen molar-refractivity contribution < 1.29 is 0 Å². The molecule has 3 unspecified atom stereocenters. The molecule has 0 saturated heterocycles. The third kappa shape index (κ3) is 4.23. The zero-order valence-electron chi connectivity index (χ0n) is 14.0. The SMILES string of the molecule is CCNC1CC(C)CCC1C(C)(C)Cc1ccccc1Cl. The minimum atomic E-state index is 0.276. The third-order valence-electron chi connectivity index (χ3n) is 5.19. The molecule has 2 heteroatoms. The van der Waals surface area contributed by atoms with Gasteiger partial charge in [-0.2, -0.15) is 0 Å². The first kappa shape index (κ1) is 16.8. The Hall–Kier alpha value is -0.530. The molecule has 3 atom stereocenters. The summed E-state index contributed by atoms with van der Waals surface area (Å²) in [5, 5.41) is 4.65. The quantitative estimate of drug-likeness (QED) is 0.776. The van der Waals surface area contributed by atoms with Crippen molar-refractivity contribution in [3.05, 3.63) is 34.9 Å². The predicted molar refractivity (Wildman–Crippen MR) is 92.9 cm³/mol. The Labute approximate surface area is 135 Å². The molecule has 0 spiro atoms. The first-order valence-electron chi connectivity index (χ1n) is 8.41. The van der Waals surface area contributed by atoms with Crippen LogP contribution in [0.2, 0.25) is 5.02 Å². The van der Waals surface area contributed by atoms with E-state index in [2.05, 4.69) is 45.1 Å². The van der Waals surface area contributed by atoms with Gasteiger partial charge in [-0.05, 0) is 54.7 Å². The molecule has 1 aromatic rings. The lowest BCUT2D eigenvalue weighted by Crippen LogP contribution is -2.47. The molecule has 2 rings (SSSR count). The Bertz CT molecular complexity index is 455. The molecular weight excluding hydrogens is 278 g/mol. The van der Waals surface area contributed by atoms with E-state index in [1.807, 2.05) is 12.1 Å². The molecule has 0 radical (unpaired) electrons. The Balaban J connectivity index is 2.14. The zero-order chi connectivity index (χ0) is 15.5. The van der Waals surface area contributed by atoms with Crippen LogP contribution in [0.4, 0.5) is 0 Å². The second kappa shape index (κ2) is 7.15. The lowest BCUT2D eigenvalue weighted by molar-refractivity contribution is 0.0950. The van der Waals surface area contributed by atoms with Crippen molar-refractivity contribution >= 4 is 11.6 Å². The largest absolute Gasteiger partial charge is 0.314 e. The summed E-state index contributed by atoms with van der Waals surface area (Å²) in [5.74, 6) is 1.58. The van der Waals surface area contributed by atoms with Crippen LogP contribution in [0, 0.1) is 17.3 Å². The fraction of sp³-hybridized carbons (Fsp3) is 0.684. The lowest BCUT2D eigenvalue weighted by atomic mass is 9.64. The summed E-state index contributed by atoms with van der Waals surface area (Å²) in [4.78, 5) is 0. The van der Waals surface area contributed by atoms with Crippen LogP contribution in [0.5, 0.6) is 0 Å². The van der Waals surface area contributed by atoms with Crippen molar-refractivity contribution in [1.29, 1.82) is 0 Å². The van der Waals surface area contributed by atoms with E-state index >= 15 is 0 Å². The van der Waals surface area contributed by atoms with Crippen LogP contribution in [0.15, 0.2) is 24.3 Å². The van der Waals surface area contributed by atoms with E-state index < -0.39 is 0 Å². The Morgan fingerprint density at radius 2 is 1.95 bits per heavy atom. The van der Waals surface area contributed by atoms with Gasteiger partial charge in [0.05, 0.1) is 0 Å². The fourth-order valence-corrected chi connectivity index (χ4v) is 4.27. The first-order valence-corrected chi connectivity index (χ1v) is 8.78. The normalized spacial score (nSPS) is 26.8. The number of rotatable bonds is 5. The van der Waals surface area contributed by atoms with E-state index in [4.69, 9.17) is 11.6 Å². The second-order valence-corrected chi connectivity index (χ2v) is 7.85. The molecule has 0 aromatic heterocycles. The van der Waals surface area contributed by atoms with Crippen LogP contribution in [0.1, 0.15) is 52.5 Å². The topological polar surface area (TPSA) is 12.0 Å². The maximum Gasteiger partial charge on any atom is 0.0438 e. The van der Waals surface area contributed by atoms with E-state index in [0.717, 1.165) is 29.8 Å². The highest BCUT2D eigenvalue weighted by atomic mass is 35.5. The first-order chi connectivity index (χ1) is 9.94. The van der Waals surface area contributed by atoms with Gasteiger partial charge in [0.1, 0.15) is 0 Å². The number of hydrogen-bond donors (Lipinski definition) is 1. The van der Waals surface area contributed by atoms with Gasteiger partial charge in [-0.25, -0.2) is 0 Å². The lowest BCUT2D eigenvalue weighted by Gasteiger charge is -2.45. The van der Waals surface area contributed by atoms with Crippen LogP contribution in [0.3, 0.4) is 0 Å². The average molecular weight is 308 g/mol. The van der Waals surface area contributed by atoms with E-state index in [1.54, 1.807) is 0 Å². The summed E-state index contributed by atoms with van der Waals surface area (Å²) >= 11 is 6.37. The van der Waals surface area contributed by atoms with Gasteiger partial charge in [0.25, 0.3) is 0 Å². The molecule has 1 aliphatic rings. The zero-order valence-corrected chi connectivity index (χ0v) is 14.7. The minimum absolute atomic E-state index is 0.276. The second-order valence-electron chi connectivity index (χ2n) is 7.45. The van der Waals surface area contributed by atoms with Gasteiger partial charge >= 0.3 is 0 Å². The van der Waals surface area contributed by atoms with Crippen LogP contribution in [0.25, 0.3) is 0 Å². The van der Waals surface area contributed by atoms with Crippen molar-refractivity contribution in [3.63, 3.8) is 0 Å². The van der Waals surface area contributed by atoms with Crippen molar-refractivity contribution in [1.82, 2.24) is 5.32 Å². The van der Waals surface area contributed by atoms with E-state index in [1.165, 1.54) is 24.8 Å². The molecular formula is C19H30ClN. The molecule has 0 amide bonds. The molecule has 21 heavy (non-hydrogen) atoms. The Kier molecular flexibility index (Phi) is 5.73. The van der Waals surface area contributed by atoms with Crippen LogP contribution in [-0.2, 0) is 6.42 Å². The molecule has 1 aromatic carbocycles. The highest BCUT2D eigenvalue weighted by Gasteiger charge is 2.38. The summed E-state index contributed by atoms with van der Waals surface area (Å²) in [6.45, 7) is 10.5. The molecule has 0 bridgehead atoms. The molecule has 1 saturated carbocycles. The fourth-order valence-electron chi connectivity index (χ4n) is 4.07. The van der Waals surface area contributed by atoms with Gasteiger partial charge in [-0.1, -0.05) is 63.9 Å². The number of benzene rings is 1. The van der Waals surface area contributed by atoms with Gasteiger partial charge in [-0.3, -0.25) is 0 Å². The van der Waals surface area contributed by atoms with Crippen LogP contribution >= 0.6 is 11.6 Å². The van der Waals surface area contributed by atoms with Gasteiger partial charge in [0.15, 0.2) is 0 Å². The summed E-state index contributed by atoms with van der Waals surface area (Å²) in [7, 11) is 0. The summed E-state index contributed by atoms with van der Waals surface area (Å²) in [6.07, 6.45) is 5.06. The van der Waals surface area contributed by atoms with Gasteiger partial charge < -0.3 is 5.32 Å². The molecule has 1 aliphatic carbocycles. The van der Waals surface area contributed by atoms with Crippen LogP contribution < -0.4 is 5.32 Å². The Morgan fingerprint density at radius 3 is 2.62 bits per heavy atom. The van der Waals surface area contributed by atoms with Crippen molar-refractivity contribution in [2.24, 2.45) is 17.3 Å². The maximum absolute atomic E-state index is 6.37. The van der Waals surface area contributed by atoms with Crippen molar-refractivity contribution in [2.45, 2.75) is 59.4 Å². The maximum atomic E-state index is 6.37. The van der Waals surface area contributed by atoms with Gasteiger partial charge in [-0.15, -0.1) is 0 Å². The predicted octanol–water partition coefficient (Wildman–Crippen LogP) is 5.32. The highest BCUT2D eigenvalue weighted by Crippen LogP contribution is 2.43. The van der Waals surface area contributed by atoms with Gasteiger partial charge in [0.2, 0.25) is 0 Å². The average Bonchev–Trinajstić information content (AvgIpc) is 2.41. The minimum Gasteiger partial charge on any atom is -0.314 e. The standard InChI is InChI=1S/C19H30ClN/c1-5-21-18-12-14(2)10-11-16(18)19(3,4)13-15-8-6-7-9-17(15)20/h6-9,14,16,18,21H,5,10-13H2,1-4H3. The van der Waals surface area contributed by atoms with E-state index in [0.29, 0.717) is 6.04 Å². The number of halogens is 1. The molecule has 1 nitrogen and oxygen atoms in total. The summed E-state index contributed by atoms with van der Waals surface area (Å²) < 4.78 is 0. The van der Waals surface area contributed by atoms with Crippen molar-refractivity contribution in [3.8, 4) is 0 Å². The molecule has 1 fully saturated rings. The van der Waals surface area contributed by atoms with Gasteiger partial charge in [0, 0.05) is 11.1 Å².